The molecule has 1 atom stereocenters. The van der Waals surface area contributed by atoms with Crippen molar-refractivity contribution < 1.29 is 9.47 Å². The Kier molecular flexibility index (Phi) is 4.04. The molecule has 3 aromatic heterocycles. The first-order valence-corrected chi connectivity index (χ1v) is 8.21. The van der Waals surface area contributed by atoms with Crippen molar-refractivity contribution in [2.75, 3.05) is 24.4 Å². The topological polar surface area (TPSA) is 99.0 Å². The number of hydrogen-bond acceptors (Lipinski definition) is 8. The van der Waals surface area contributed by atoms with Crippen molar-refractivity contribution >= 4 is 17.6 Å². The molecule has 0 fully saturated rings. The van der Waals surface area contributed by atoms with Crippen molar-refractivity contribution in [3.63, 3.8) is 0 Å². The molecule has 3 aromatic rings. The van der Waals surface area contributed by atoms with Crippen molar-refractivity contribution in [2.45, 2.75) is 19.9 Å². The van der Waals surface area contributed by atoms with E-state index in [1.807, 2.05) is 24.6 Å². The van der Waals surface area contributed by atoms with Crippen LogP contribution in [0.4, 0.5) is 17.6 Å². The van der Waals surface area contributed by atoms with Gasteiger partial charge in [0.1, 0.15) is 23.9 Å². The summed E-state index contributed by atoms with van der Waals surface area (Å²) in [5.41, 5.74) is 1.72. The van der Waals surface area contributed by atoms with E-state index < -0.39 is 0 Å². The lowest BCUT2D eigenvalue weighted by Gasteiger charge is -2.23. The smallest absolute Gasteiger partial charge is 0.230 e. The molecule has 0 bridgehead atoms. The number of pyridine rings is 1. The zero-order chi connectivity index (χ0) is 18.1. The first-order chi connectivity index (χ1) is 12.6. The molecule has 0 amide bonds. The number of nitrogens with zero attached hydrogens (tertiary/aromatic N) is 5. The van der Waals surface area contributed by atoms with Gasteiger partial charge in [0, 0.05) is 12.3 Å². The van der Waals surface area contributed by atoms with E-state index in [1.54, 1.807) is 31.9 Å². The Hall–Kier alpha value is -3.36. The summed E-state index contributed by atoms with van der Waals surface area (Å²) in [5, 5.41) is 6.36. The fraction of sp³-hybridized carbons (Fsp3) is 0.294. The van der Waals surface area contributed by atoms with Crippen molar-refractivity contribution in [2.24, 2.45) is 0 Å². The van der Waals surface area contributed by atoms with Crippen LogP contribution in [0.2, 0.25) is 0 Å². The summed E-state index contributed by atoms with van der Waals surface area (Å²) < 4.78 is 12.9. The molecule has 9 nitrogen and oxygen atoms in total. The summed E-state index contributed by atoms with van der Waals surface area (Å²) >= 11 is 0. The SMILES string of the molecule is COc1cc(Nc2ncc3c(n2)NC(C)CO3)ncc1-n1cnc(C)c1. The average Bonchev–Trinajstić information content (AvgIpc) is 3.07. The zero-order valence-electron chi connectivity index (χ0n) is 14.7. The lowest BCUT2D eigenvalue weighted by Crippen LogP contribution is -2.29. The Morgan fingerprint density at radius 1 is 1.31 bits per heavy atom. The van der Waals surface area contributed by atoms with E-state index in [9.17, 15) is 0 Å². The molecule has 1 aliphatic rings. The summed E-state index contributed by atoms with van der Waals surface area (Å²) in [7, 11) is 1.62. The normalized spacial score (nSPS) is 15.6. The van der Waals surface area contributed by atoms with E-state index in [4.69, 9.17) is 9.47 Å². The van der Waals surface area contributed by atoms with Crippen LogP contribution in [-0.2, 0) is 0 Å². The minimum absolute atomic E-state index is 0.196. The second kappa shape index (κ2) is 6.51. The monoisotopic (exact) mass is 353 g/mol. The third-order valence-corrected chi connectivity index (χ3v) is 3.92. The molecule has 0 saturated carbocycles. The van der Waals surface area contributed by atoms with Gasteiger partial charge in [-0.15, -0.1) is 0 Å². The molecule has 0 aromatic carbocycles. The zero-order valence-corrected chi connectivity index (χ0v) is 14.7. The first-order valence-electron chi connectivity index (χ1n) is 8.21. The van der Waals surface area contributed by atoms with Crippen LogP contribution in [0.3, 0.4) is 0 Å². The number of methoxy groups -OCH3 is 1. The van der Waals surface area contributed by atoms with Crippen molar-refractivity contribution in [3.05, 3.63) is 36.7 Å². The second-order valence-corrected chi connectivity index (χ2v) is 6.05. The number of hydrogen-bond donors (Lipinski definition) is 2. The number of ether oxygens (including phenoxy) is 2. The second-order valence-electron chi connectivity index (χ2n) is 6.05. The van der Waals surface area contributed by atoms with Gasteiger partial charge in [-0.25, -0.2) is 15.0 Å². The highest BCUT2D eigenvalue weighted by molar-refractivity contribution is 5.60. The van der Waals surface area contributed by atoms with Gasteiger partial charge in [-0.3, -0.25) is 0 Å². The number of rotatable bonds is 4. The van der Waals surface area contributed by atoms with Gasteiger partial charge in [-0.2, -0.15) is 4.98 Å². The molecule has 134 valence electrons. The maximum atomic E-state index is 5.58. The van der Waals surface area contributed by atoms with Crippen LogP contribution in [0, 0.1) is 6.92 Å². The van der Waals surface area contributed by atoms with Crippen molar-refractivity contribution in [1.82, 2.24) is 24.5 Å². The third kappa shape index (κ3) is 3.10. The molecule has 0 aliphatic carbocycles. The fourth-order valence-corrected chi connectivity index (χ4v) is 2.65. The highest BCUT2D eigenvalue weighted by atomic mass is 16.5. The molecule has 9 heteroatoms. The maximum Gasteiger partial charge on any atom is 0.230 e. The average molecular weight is 353 g/mol. The first kappa shape index (κ1) is 16.1. The van der Waals surface area contributed by atoms with Gasteiger partial charge in [0.25, 0.3) is 0 Å². The summed E-state index contributed by atoms with van der Waals surface area (Å²) in [6, 6.07) is 1.99. The Morgan fingerprint density at radius 2 is 2.19 bits per heavy atom. The maximum absolute atomic E-state index is 5.58. The highest BCUT2D eigenvalue weighted by Crippen LogP contribution is 2.29. The van der Waals surface area contributed by atoms with E-state index in [0.717, 1.165) is 11.4 Å². The predicted molar refractivity (Wildman–Crippen MR) is 96.5 cm³/mol. The molecule has 0 radical (unpaired) electrons. The summed E-state index contributed by atoms with van der Waals surface area (Å²) in [5.74, 6) is 2.97. The lowest BCUT2D eigenvalue weighted by molar-refractivity contribution is 0.289. The Morgan fingerprint density at radius 3 is 2.96 bits per heavy atom. The highest BCUT2D eigenvalue weighted by Gasteiger charge is 2.18. The standard InChI is InChI=1S/C17H19N7O2/c1-10-7-24(9-20-10)12-5-18-15(4-13(12)25-3)22-17-19-6-14-16(23-17)21-11(2)8-26-14/h4-7,9,11H,8H2,1-3H3,(H2,18,19,21,22,23). The molecule has 0 saturated heterocycles. The van der Waals surface area contributed by atoms with Crippen LogP contribution in [0.15, 0.2) is 31.0 Å². The molecule has 1 unspecified atom stereocenters. The summed E-state index contributed by atoms with van der Waals surface area (Å²) in [6.45, 7) is 4.55. The number of aryl methyl sites for hydroxylation is 1. The number of aromatic nitrogens is 5. The van der Waals surface area contributed by atoms with Gasteiger partial charge in [-0.05, 0) is 13.8 Å². The largest absolute Gasteiger partial charge is 0.494 e. The quantitative estimate of drug-likeness (QED) is 0.737. The molecule has 0 spiro atoms. The number of nitrogens with one attached hydrogen (secondary N) is 2. The van der Waals surface area contributed by atoms with E-state index in [-0.39, 0.29) is 6.04 Å². The van der Waals surface area contributed by atoms with Crippen LogP contribution in [0.1, 0.15) is 12.6 Å². The van der Waals surface area contributed by atoms with Crippen LogP contribution in [0.25, 0.3) is 5.69 Å². The van der Waals surface area contributed by atoms with Gasteiger partial charge in [0.05, 0.1) is 37.6 Å². The molecule has 4 rings (SSSR count). The van der Waals surface area contributed by atoms with E-state index in [1.165, 1.54) is 0 Å². The van der Waals surface area contributed by atoms with Crippen LogP contribution in [0.5, 0.6) is 11.5 Å². The number of anilines is 3. The van der Waals surface area contributed by atoms with Crippen LogP contribution in [-0.4, -0.2) is 44.3 Å². The minimum Gasteiger partial charge on any atom is -0.494 e. The summed E-state index contributed by atoms with van der Waals surface area (Å²) in [6.07, 6.45) is 6.99. The van der Waals surface area contributed by atoms with E-state index in [2.05, 4.69) is 30.6 Å². The van der Waals surface area contributed by atoms with Crippen LogP contribution >= 0.6 is 0 Å². The summed E-state index contributed by atoms with van der Waals surface area (Å²) in [4.78, 5) is 17.4. The molecular formula is C17H19N7O2. The van der Waals surface area contributed by atoms with Crippen LogP contribution < -0.4 is 20.1 Å². The molecular weight excluding hydrogens is 334 g/mol. The molecule has 26 heavy (non-hydrogen) atoms. The van der Waals surface area contributed by atoms with Gasteiger partial charge in [0.15, 0.2) is 11.6 Å². The van der Waals surface area contributed by atoms with Gasteiger partial charge in [-0.1, -0.05) is 0 Å². The van der Waals surface area contributed by atoms with E-state index in [0.29, 0.717) is 35.7 Å². The number of fused-ring (bicyclic) bond motifs is 1. The van der Waals surface area contributed by atoms with E-state index >= 15 is 0 Å². The Labute approximate surface area is 150 Å². The number of imidazole rings is 1. The molecule has 4 heterocycles. The van der Waals surface area contributed by atoms with Crippen molar-refractivity contribution in [1.29, 1.82) is 0 Å². The van der Waals surface area contributed by atoms with Gasteiger partial charge < -0.3 is 24.7 Å². The molecule has 2 N–H and O–H groups in total. The Balaban J connectivity index is 1.60. The van der Waals surface area contributed by atoms with Gasteiger partial charge in [0.2, 0.25) is 5.95 Å². The third-order valence-electron chi connectivity index (χ3n) is 3.92. The predicted octanol–water partition coefficient (Wildman–Crippen LogP) is 2.31. The Bertz CT molecular complexity index is 941. The minimum atomic E-state index is 0.196. The van der Waals surface area contributed by atoms with Crippen molar-refractivity contribution in [3.8, 4) is 17.2 Å². The fourth-order valence-electron chi connectivity index (χ4n) is 2.65. The van der Waals surface area contributed by atoms with Gasteiger partial charge >= 0.3 is 0 Å². The molecule has 1 aliphatic heterocycles. The lowest BCUT2D eigenvalue weighted by atomic mass is 10.3.